The zero-order chi connectivity index (χ0) is 12.6. The van der Waals surface area contributed by atoms with Gasteiger partial charge in [0.15, 0.2) is 11.7 Å². The Labute approximate surface area is 99.2 Å². The molecule has 1 aliphatic rings. The first-order valence-electron chi connectivity index (χ1n) is 5.42. The standard InChI is InChI=1S/C13H13NO3/c1-8-5-3-4-6-10(8)14-7-11(16)12(9(2)15)13(14)17/h3-6,12H,7H2,1-2H3. The van der Waals surface area contributed by atoms with Crippen LogP contribution in [0.2, 0.25) is 0 Å². The Bertz CT molecular complexity index is 507. The molecule has 1 saturated heterocycles. The molecule has 1 aromatic rings. The summed E-state index contributed by atoms with van der Waals surface area (Å²) in [5.41, 5.74) is 1.62. The van der Waals surface area contributed by atoms with Gasteiger partial charge in [-0.3, -0.25) is 14.4 Å². The van der Waals surface area contributed by atoms with Crippen LogP contribution in [0.4, 0.5) is 5.69 Å². The van der Waals surface area contributed by atoms with E-state index in [1.165, 1.54) is 11.8 Å². The van der Waals surface area contributed by atoms with Crippen molar-refractivity contribution in [2.24, 2.45) is 5.92 Å². The molecule has 0 aromatic heterocycles. The molecule has 1 aliphatic heterocycles. The van der Waals surface area contributed by atoms with Gasteiger partial charge < -0.3 is 4.90 Å². The quantitative estimate of drug-likeness (QED) is 0.716. The van der Waals surface area contributed by atoms with Crippen LogP contribution in [0, 0.1) is 12.8 Å². The topological polar surface area (TPSA) is 54.5 Å². The van der Waals surface area contributed by atoms with Crippen LogP contribution in [0.25, 0.3) is 0 Å². The second-order valence-electron chi connectivity index (χ2n) is 4.22. The molecule has 0 saturated carbocycles. The van der Waals surface area contributed by atoms with Crippen LogP contribution in [0.1, 0.15) is 12.5 Å². The van der Waals surface area contributed by atoms with Gasteiger partial charge in [0, 0.05) is 5.69 Å². The zero-order valence-electron chi connectivity index (χ0n) is 9.77. The maximum absolute atomic E-state index is 12.0. The predicted octanol–water partition coefficient (Wildman–Crippen LogP) is 1.12. The lowest BCUT2D eigenvalue weighted by atomic mass is 10.0. The van der Waals surface area contributed by atoms with E-state index in [9.17, 15) is 14.4 Å². The monoisotopic (exact) mass is 231 g/mol. The summed E-state index contributed by atoms with van der Waals surface area (Å²) in [7, 11) is 0. The molecule has 1 heterocycles. The lowest BCUT2D eigenvalue weighted by Gasteiger charge is -2.17. The summed E-state index contributed by atoms with van der Waals surface area (Å²) in [6, 6.07) is 7.32. The van der Waals surface area contributed by atoms with Crippen LogP contribution < -0.4 is 4.90 Å². The highest BCUT2D eigenvalue weighted by Crippen LogP contribution is 2.26. The fourth-order valence-corrected chi connectivity index (χ4v) is 2.09. The first-order valence-corrected chi connectivity index (χ1v) is 5.42. The van der Waals surface area contributed by atoms with Crippen LogP contribution in [0.5, 0.6) is 0 Å². The largest absolute Gasteiger partial charge is 0.304 e. The fourth-order valence-electron chi connectivity index (χ4n) is 2.09. The lowest BCUT2D eigenvalue weighted by Crippen LogP contribution is -2.30. The van der Waals surface area contributed by atoms with E-state index < -0.39 is 11.8 Å². The molecule has 1 atom stereocenters. The van der Waals surface area contributed by atoms with Gasteiger partial charge in [-0.15, -0.1) is 0 Å². The van der Waals surface area contributed by atoms with Crippen LogP contribution >= 0.6 is 0 Å². The Kier molecular flexibility index (Phi) is 2.79. The highest BCUT2D eigenvalue weighted by Gasteiger charge is 2.42. The summed E-state index contributed by atoms with van der Waals surface area (Å²) in [6.07, 6.45) is 0. The summed E-state index contributed by atoms with van der Waals surface area (Å²) < 4.78 is 0. The molecular formula is C13H13NO3. The van der Waals surface area contributed by atoms with Gasteiger partial charge in [-0.25, -0.2) is 0 Å². The van der Waals surface area contributed by atoms with Gasteiger partial charge in [0.1, 0.15) is 5.78 Å². The second-order valence-corrected chi connectivity index (χ2v) is 4.22. The van der Waals surface area contributed by atoms with E-state index in [4.69, 9.17) is 0 Å². The van der Waals surface area contributed by atoms with Gasteiger partial charge in [-0.2, -0.15) is 0 Å². The first kappa shape index (κ1) is 11.5. The number of aryl methyl sites for hydroxylation is 1. The molecule has 0 aliphatic carbocycles. The van der Waals surface area contributed by atoms with Gasteiger partial charge in [0.05, 0.1) is 6.54 Å². The van der Waals surface area contributed by atoms with Crippen LogP contribution in [-0.4, -0.2) is 24.0 Å². The highest BCUT2D eigenvalue weighted by molar-refractivity contribution is 6.28. The zero-order valence-corrected chi connectivity index (χ0v) is 9.77. The number of amides is 1. The number of anilines is 1. The molecule has 1 aromatic carbocycles. The van der Waals surface area contributed by atoms with Crippen molar-refractivity contribution in [1.29, 1.82) is 0 Å². The van der Waals surface area contributed by atoms with Gasteiger partial charge >= 0.3 is 0 Å². The lowest BCUT2D eigenvalue weighted by molar-refractivity contribution is -0.134. The molecule has 17 heavy (non-hydrogen) atoms. The van der Waals surface area contributed by atoms with Gasteiger partial charge in [-0.05, 0) is 25.5 Å². The molecule has 0 N–H and O–H groups in total. The average molecular weight is 231 g/mol. The third kappa shape index (κ3) is 1.86. The van der Waals surface area contributed by atoms with Gasteiger partial charge in [-0.1, -0.05) is 18.2 Å². The fraction of sp³-hybridized carbons (Fsp3) is 0.308. The number of hydrogen-bond acceptors (Lipinski definition) is 3. The Morgan fingerprint density at radius 2 is 1.94 bits per heavy atom. The number of para-hydroxylation sites is 1. The van der Waals surface area contributed by atoms with Crippen molar-refractivity contribution in [2.45, 2.75) is 13.8 Å². The molecule has 2 rings (SSSR count). The van der Waals surface area contributed by atoms with Crippen molar-refractivity contribution >= 4 is 23.2 Å². The van der Waals surface area contributed by atoms with E-state index in [1.54, 1.807) is 12.1 Å². The molecule has 1 amide bonds. The maximum atomic E-state index is 12.0. The maximum Gasteiger partial charge on any atom is 0.245 e. The summed E-state index contributed by atoms with van der Waals surface area (Å²) in [4.78, 5) is 36.3. The number of nitrogens with zero attached hydrogens (tertiary/aromatic N) is 1. The summed E-state index contributed by atoms with van der Waals surface area (Å²) in [5, 5.41) is 0. The molecule has 1 unspecified atom stereocenters. The Balaban J connectivity index is 2.38. The molecular weight excluding hydrogens is 218 g/mol. The van der Waals surface area contributed by atoms with E-state index in [0.717, 1.165) is 5.56 Å². The number of rotatable bonds is 2. The molecule has 0 spiro atoms. The molecule has 4 heteroatoms. The average Bonchev–Trinajstić information content (AvgIpc) is 2.55. The molecule has 4 nitrogen and oxygen atoms in total. The van der Waals surface area contributed by atoms with Crippen molar-refractivity contribution in [3.8, 4) is 0 Å². The number of benzene rings is 1. The van der Waals surface area contributed by atoms with Gasteiger partial charge in [0.2, 0.25) is 5.91 Å². The molecule has 0 radical (unpaired) electrons. The SMILES string of the molecule is CC(=O)C1C(=O)CN(c2ccccc2C)C1=O. The minimum absolute atomic E-state index is 0.00602. The van der Waals surface area contributed by atoms with E-state index in [2.05, 4.69) is 0 Å². The van der Waals surface area contributed by atoms with Crippen LogP contribution in [0.3, 0.4) is 0 Å². The second kappa shape index (κ2) is 4.13. The van der Waals surface area contributed by atoms with Crippen molar-refractivity contribution in [3.05, 3.63) is 29.8 Å². The molecule has 1 fully saturated rings. The predicted molar refractivity (Wildman–Crippen MR) is 62.7 cm³/mol. The molecule has 0 bridgehead atoms. The highest BCUT2D eigenvalue weighted by atomic mass is 16.2. The Hall–Kier alpha value is -1.97. The van der Waals surface area contributed by atoms with Gasteiger partial charge in [0.25, 0.3) is 0 Å². The Morgan fingerprint density at radius 1 is 1.29 bits per heavy atom. The van der Waals surface area contributed by atoms with E-state index in [1.807, 2.05) is 19.1 Å². The minimum atomic E-state index is -1.10. The smallest absolute Gasteiger partial charge is 0.245 e. The minimum Gasteiger partial charge on any atom is -0.304 e. The third-order valence-electron chi connectivity index (χ3n) is 2.96. The number of ketones is 2. The van der Waals surface area contributed by atoms with Crippen molar-refractivity contribution in [2.75, 3.05) is 11.4 Å². The van der Waals surface area contributed by atoms with E-state index >= 15 is 0 Å². The van der Waals surface area contributed by atoms with E-state index in [-0.39, 0.29) is 18.1 Å². The number of carbonyl (C=O) groups excluding carboxylic acids is 3. The third-order valence-corrected chi connectivity index (χ3v) is 2.96. The summed E-state index contributed by atoms with van der Waals surface area (Å²) >= 11 is 0. The number of Topliss-reactive ketones (excluding diaryl/α,β-unsaturated/α-hetero) is 2. The van der Waals surface area contributed by atoms with E-state index in [0.29, 0.717) is 5.69 Å². The summed E-state index contributed by atoms with van der Waals surface area (Å²) in [5.74, 6) is -2.20. The van der Waals surface area contributed by atoms with Crippen LogP contribution in [-0.2, 0) is 14.4 Å². The number of carbonyl (C=O) groups is 3. The normalized spacial score (nSPS) is 19.9. The van der Waals surface area contributed by atoms with Crippen LogP contribution in [0.15, 0.2) is 24.3 Å². The molecule has 88 valence electrons. The Morgan fingerprint density at radius 3 is 2.47 bits per heavy atom. The van der Waals surface area contributed by atoms with Crippen molar-refractivity contribution < 1.29 is 14.4 Å². The summed E-state index contributed by atoms with van der Waals surface area (Å²) in [6.45, 7) is 3.14. The first-order chi connectivity index (χ1) is 8.02. The van der Waals surface area contributed by atoms with Crippen molar-refractivity contribution in [3.63, 3.8) is 0 Å². The van der Waals surface area contributed by atoms with Crippen molar-refractivity contribution in [1.82, 2.24) is 0 Å². The number of hydrogen-bond donors (Lipinski definition) is 0.